The van der Waals surface area contributed by atoms with Crippen LogP contribution in [0.5, 0.6) is 5.75 Å². The van der Waals surface area contributed by atoms with E-state index in [0.29, 0.717) is 44.7 Å². The Bertz CT molecular complexity index is 1240. The molecule has 0 saturated carbocycles. The second kappa shape index (κ2) is 29.3. The predicted molar refractivity (Wildman–Crippen MR) is 209 cm³/mol. The van der Waals surface area contributed by atoms with Gasteiger partial charge in [-0.3, -0.25) is 19.3 Å². The van der Waals surface area contributed by atoms with Gasteiger partial charge in [0.2, 0.25) is 17.7 Å². The first-order valence-corrected chi connectivity index (χ1v) is 19.7. The molecular weight excluding hydrogens is 694 g/mol. The lowest BCUT2D eigenvalue weighted by molar-refractivity contribution is -0.142. The molecule has 14 heteroatoms. The first kappa shape index (κ1) is 48.0. The number of hydrogen-bond donors (Lipinski definition) is 5. The van der Waals surface area contributed by atoms with E-state index in [9.17, 15) is 33.9 Å². The zero-order valence-electron chi connectivity index (χ0n) is 33.1. The van der Waals surface area contributed by atoms with Gasteiger partial charge in [0.05, 0.1) is 24.3 Å². The molecule has 3 amide bonds. The van der Waals surface area contributed by atoms with Gasteiger partial charge in [-0.05, 0) is 110 Å². The highest BCUT2D eigenvalue weighted by Gasteiger charge is 2.22. The molecule has 0 heterocycles. The summed E-state index contributed by atoms with van der Waals surface area (Å²) in [6, 6.07) is 4.88. The maximum absolute atomic E-state index is 12.7. The van der Waals surface area contributed by atoms with Crippen molar-refractivity contribution in [1.82, 2.24) is 25.8 Å². The molecule has 5 N–H and O–H groups in total. The lowest BCUT2D eigenvalue weighted by atomic mass is 10.1. The van der Waals surface area contributed by atoms with Crippen LogP contribution in [-0.2, 0) is 24.0 Å². The number of benzene rings is 1. The number of carboxylic acids is 2. The first-order valence-electron chi connectivity index (χ1n) is 19.7. The number of nitrogens with one attached hydrogen (secondary N) is 3. The van der Waals surface area contributed by atoms with Gasteiger partial charge in [-0.2, -0.15) is 0 Å². The van der Waals surface area contributed by atoms with Crippen molar-refractivity contribution in [3.8, 4) is 5.75 Å². The average molecular weight is 762 g/mol. The molecule has 54 heavy (non-hydrogen) atoms. The highest BCUT2D eigenvalue weighted by Crippen LogP contribution is 2.15. The van der Waals surface area contributed by atoms with E-state index in [2.05, 4.69) is 16.0 Å². The minimum Gasteiger partial charge on any atom is -0.494 e. The van der Waals surface area contributed by atoms with E-state index >= 15 is 0 Å². The molecule has 0 saturated heterocycles. The van der Waals surface area contributed by atoms with Gasteiger partial charge in [0.25, 0.3) is 0 Å². The van der Waals surface area contributed by atoms with Crippen molar-refractivity contribution in [3.05, 3.63) is 29.8 Å². The van der Waals surface area contributed by atoms with Crippen LogP contribution < -0.4 is 20.7 Å². The van der Waals surface area contributed by atoms with Gasteiger partial charge in [0.15, 0.2) is 0 Å². The number of hydrogen-bond acceptors (Lipinski definition) is 9. The second-order valence-electron chi connectivity index (χ2n) is 14.4. The molecule has 0 aromatic heterocycles. The molecule has 1 aromatic rings. The van der Waals surface area contributed by atoms with E-state index in [1.807, 2.05) is 38.0 Å². The monoisotopic (exact) mass is 761 g/mol. The number of carbonyl (C=O) groups is 6. The number of nitrogens with zero attached hydrogens (tertiary/aromatic N) is 2. The summed E-state index contributed by atoms with van der Waals surface area (Å²) in [5.74, 6) is -2.09. The fourth-order valence-electron chi connectivity index (χ4n) is 5.97. The van der Waals surface area contributed by atoms with Crippen LogP contribution in [0.4, 0.5) is 0 Å². The van der Waals surface area contributed by atoms with E-state index in [1.165, 1.54) is 12.1 Å². The van der Waals surface area contributed by atoms with E-state index in [-0.39, 0.29) is 54.6 Å². The number of aldehydes is 1. The number of amides is 3. The smallest absolute Gasteiger partial charge is 0.335 e. The molecule has 0 unspecified atom stereocenters. The molecule has 0 bridgehead atoms. The molecule has 0 radical (unpaired) electrons. The lowest BCUT2D eigenvalue weighted by Gasteiger charge is -2.23. The largest absolute Gasteiger partial charge is 0.494 e. The van der Waals surface area contributed by atoms with Crippen molar-refractivity contribution in [1.29, 1.82) is 0 Å². The van der Waals surface area contributed by atoms with Crippen molar-refractivity contribution in [2.75, 3.05) is 47.9 Å². The Morgan fingerprint density at radius 3 is 1.80 bits per heavy atom. The Kier molecular flexibility index (Phi) is 26.1. The van der Waals surface area contributed by atoms with Crippen molar-refractivity contribution in [2.24, 2.45) is 0 Å². The van der Waals surface area contributed by atoms with Crippen LogP contribution in [0.3, 0.4) is 0 Å². The fraction of sp³-hybridized carbons (Fsp3) is 0.700. The molecule has 0 spiro atoms. The lowest BCUT2D eigenvalue weighted by Crippen LogP contribution is -2.44. The number of carboxylic acid groups (broad SMARTS) is 2. The first-order chi connectivity index (χ1) is 25.8. The van der Waals surface area contributed by atoms with Gasteiger partial charge in [-0.1, -0.05) is 44.9 Å². The molecule has 3 atom stereocenters. The van der Waals surface area contributed by atoms with Gasteiger partial charge < -0.3 is 40.6 Å². The zero-order valence-corrected chi connectivity index (χ0v) is 33.1. The molecule has 1 rings (SSSR count). The highest BCUT2D eigenvalue weighted by atomic mass is 16.5. The molecule has 0 aliphatic heterocycles. The standard InChI is InChI=1S/C40H67N5O9/c1-44(2)32(30-46)18-13-15-28-42-38(49)35(45(3)4)19-14-16-27-41-36(47)26-25-34(40(52)53)43-37(48)20-12-10-8-6-5-7-9-11-17-29-54-33-23-21-31(22-24-33)39(50)51/h21-24,30,32,34-35H,5-20,25-29H2,1-4H3,(H,41,47)(H,42,49)(H,43,48)(H,50,51)(H,52,53)/t32-,34-,35-/m0/s1. The SMILES string of the molecule is CN(C)[C@H](C=O)CCCCNC(=O)[C@H](CCCCNC(=O)CC[C@H](NC(=O)CCCCCCCCCCCOc1ccc(C(=O)O)cc1)C(=O)O)N(C)C. The molecule has 0 aliphatic carbocycles. The number of rotatable bonds is 33. The number of aliphatic carboxylic acids is 1. The van der Waals surface area contributed by atoms with Gasteiger partial charge in [0, 0.05) is 25.9 Å². The van der Waals surface area contributed by atoms with Crippen LogP contribution in [0.1, 0.15) is 126 Å². The normalized spacial score (nSPS) is 12.9. The van der Waals surface area contributed by atoms with Crippen molar-refractivity contribution in [3.63, 3.8) is 0 Å². The third-order valence-electron chi connectivity index (χ3n) is 9.41. The molecule has 14 nitrogen and oxygen atoms in total. The molecular formula is C40H67N5O9. The summed E-state index contributed by atoms with van der Waals surface area (Å²) in [7, 11) is 7.46. The summed E-state index contributed by atoms with van der Waals surface area (Å²) >= 11 is 0. The number of likely N-dealkylation sites (N-methyl/N-ethyl adjacent to an activating group) is 2. The molecule has 0 aliphatic rings. The third-order valence-corrected chi connectivity index (χ3v) is 9.41. The van der Waals surface area contributed by atoms with Gasteiger partial charge >= 0.3 is 11.9 Å². The summed E-state index contributed by atoms with van der Waals surface area (Å²) in [5, 5.41) is 26.9. The van der Waals surface area contributed by atoms with Gasteiger partial charge in [-0.25, -0.2) is 9.59 Å². The van der Waals surface area contributed by atoms with E-state index < -0.39 is 18.0 Å². The Labute approximate surface area is 322 Å². The van der Waals surface area contributed by atoms with Crippen LogP contribution in [0.2, 0.25) is 0 Å². The maximum atomic E-state index is 12.7. The van der Waals surface area contributed by atoms with E-state index in [4.69, 9.17) is 9.84 Å². The number of unbranched alkanes of at least 4 members (excludes halogenated alkanes) is 10. The van der Waals surface area contributed by atoms with Crippen molar-refractivity contribution < 1.29 is 43.7 Å². The van der Waals surface area contributed by atoms with E-state index in [0.717, 1.165) is 83.3 Å². The summed E-state index contributed by atoms with van der Waals surface area (Å²) in [6.07, 6.45) is 14.6. The molecule has 1 aromatic carbocycles. The van der Waals surface area contributed by atoms with Gasteiger partial charge in [0.1, 0.15) is 18.1 Å². The van der Waals surface area contributed by atoms with Gasteiger partial charge in [-0.15, -0.1) is 0 Å². The fourth-order valence-corrected chi connectivity index (χ4v) is 5.97. The minimum absolute atomic E-state index is 0.00669. The van der Waals surface area contributed by atoms with Crippen LogP contribution in [-0.4, -0.2) is 122 Å². The van der Waals surface area contributed by atoms with Crippen molar-refractivity contribution in [2.45, 2.75) is 134 Å². The second-order valence-corrected chi connectivity index (χ2v) is 14.4. The quantitative estimate of drug-likeness (QED) is 0.0495. The topological polar surface area (TPSA) is 195 Å². The number of carbonyl (C=O) groups excluding carboxylic acids is 4. The Morgan fingerprint density at radius 2 is 1.24 bits per heavy atom. The average Bonchev–Trinajstić information content (AvgIpc) is 3.12. The van der Waals surface area contributed by atoms with Crippen LogP contribution >= 0.6 is 0 Å². The summed E-state index contributed by atoms with van der Waals surface area (Å²) in [6.45, 7) is 1.56. The minimum atomic E-state index is -1.16. The zero-order chi connectivity index (χ0) is 40.1. The highest BCUT2D eigenvalue weighted by molar-refractivity contribution is 5.87. The number of ether oxygens (including phenoxy) is 1. The van der Waals surface area contributed by atoms with Crippen LogP contribution in [0.25, 0.3) is 0 Å². The summed E-state index contributed by atoms with van der Waals surface area (Å²) < 4.78 is 5.66. The predicted octanol–water partition coefficient (Wildman–Crippen LogP) is 4.65. The van der Waals surface area contributed by atoms with Crippen LogP contribution in [0, 0.1) is 0 Å². The Morgan fingerprint density at radius 1 is 0.667 bits per heavy atom. The maximum Gasteiger partial charge on any atom is 0.335 e. The van der Waals surface area contributed by atoms with Crippen LogP contribution in [0.15, 0.2) is 24.3 Å². The molecule has 0 fully saturated rings. The summed E-state index contributed by atoms with van der Waals surface area (Å²) in [5.41, 5.74) is 0.237. The van der Waals surface area contributed by atoms with E-state index in [1.54, 1.807) is 12.1 Å². The Balaban J connectivity index is 2.11. The Hall–Kier alpha value is -4.04. The molecule has 306 valence electrons. The van der Waals surface area contributed by atoms with Crippen molar-refractivity contribution >= 4 is 35.9 Å². The summed E-state index contributed by atoms with van der Waals surface area (Å²) in [4.78, 5) is 75.0. The number of aromatic carboxylic acids is 1. The third kappa shape index (κ3) is 22.9.